The highest BCUT2D eigenvalue weighted by molar-refractivity contribution is 9.10. The predicted molar refractivity (Wildman–Crippen MR) is 89.3 cm³/mol. The molecule has 3 rings (SSSR count). The molecule has 3 heterocycles. The van der Waals surface area contributed by atoms with Gasteiger partial charge in [-0.25, -0.2) is 0 Å². The second kappa shape index (κ2) is 7.26. The molecule has 0 aromatic carbocycles. The zero-order valence-electron chi connectivity index (χ0n) is 12.1. The van der Waals surface area contributed by atoms with Crippen molar-refractivity contribution in [1.29, 1.82) is 0 Å². The van der Waals surface area contributed by atoms with Gasteiger partial charge in [-0.1, -0.05) is 6.07 Å². The van der Waals surface area contributed by atoms with Crippen molar-refractivity contribution in [1.82, 2.24) is 15.2 Å². The SMILES string of the molecule is Cc1cc(Br)oc1C(=O)N1CCNCC1c1cccnc1.Cl. The van der Waals surface area contributed by atoms with Gasteiger partial charge in [-0.15, -0.1) is 12.4 Å². The molecule has 1 amide bonds. The van der Waals surface area contributed by atoms with Crippen LogP contribution in [0.3, 0.4) is 0 Å². The maximum atomic E-state index is 12.8. The molecule has 22 heavy (non-hydrogen) atoms. The monoisotopic (exact) mass is 385 g/mol. The van der Waals surface area contributed by atoms with Gasteiger partial charge in [0.2, 0.25) is 0 Å². The summed E-state index contributed by atoms with van der Waals surface area (Å²) in [5.41, 5.74) is 1.87. The molecule has 5 nitrogen and oxygen atoms in total. The molecule has 0 radical (unpaired) electrons. The first kappa shape index (κ1) is 17.0. The number of carbonyl (C=O) groups excluding carboxylic acids is 1. The third-order valence-corrected chi connectivity index (χ3v) is 4.05. The van der Waals surface area contributed by atoms with Crippen LogP contribution in [-0.2, 0) is 0 Å². The van der Waals surface area contributed by atoms with Crippen molar-refractivity contribution in [2.45, 2.75) is 13.0 Å². The van der Waals surface area contributed by atoms with Gasteiger partial charge in [0.15, 0.2) is 10.4 Å². The summed E-state index contributed by atoms with van der Waals surface area (Å²) in [5.74, 6) is 0.325. The van der Waals surface area contributed by atoms with Crippen molar-refractivity contribution in [3.8, 4) is 0 Å². The Morgan fingerprint density at radius 1 is 1.55 bits per heavy atom. The average molecular weight is 387 g/mol. The van der Waals surface area contributed by atoms with Gasteiger partial charge in [-0.05, 0) is 40.5 Å². The Labute approximate surface area is 143 Å². The molecule has 1 unspecified atom stereocenters. The van der Waals surface area contributed by atoms with E-state index in [9.17, 15) is 4.79 Å². The summed E-state index contributed by atoms with van der Waals surface area (Å²) < 4.78 is 6.08. The Balaban J connectivity index is 0.00000176. The molecule has 2 aromatic heterocycles. The van der Waals surface area contributed by atoms with E-state index in [-0.39, 0.29) is 24.4 Å². The maximum Gasteiger partial charge on any atom is 0.290 e. The largest absolute Gasteiger partial charge is 0.444 e. The summed E-state index contributed by atoms with van der Waals surface area (Å²) in [6.07, 6.45) is 3.54. The van der Waals surface area contributed by atoms with Gasteiger partial charge in [-0.3, -0.25) is 9.78 Å². The smallest absolute Gasteiger partial charge is 0.290 e. The van der Waals surface area contributed by atoms with Gasteiger partial charge >= 0.3 is 0 Å². The third kappa shape index (κ3) is 3.34. The molecule has 1 saturated heterocycles. The zero-order chi connectivity index (χ0) is 14.8. The Morgan fingerprint density at radius 2 is 2.36 bits per heavy atom. The fourth-order valence-corrected chi connectivity index (χ4v) is 3.11. The number of nitrogens with zero attached hydrogens (tertiary/aromatic N) is 2. The molecule has 1 fully saturated rings. The number of furan rings is 1. The van der Waals surface area contributed by atoms with Crippen LogP contribution in [0.1, 0.15) is 27.7 Å². The van der Waals surface area contributed by atoms with Crippen molar-refractivity contribution >= 4 is 34.2 Å². The lowest BCUT2D eigenvalue weighted by Gasteiger charge is -2.36. The standard InChI is InChI=1S/C15H16BrN3O2.ClH/c1-10-7-13(16)21-14(10)15(20)19-6-5-18-9-12(19)11-3-2-4-17-8-11;/h2-4,7-8,12,18H,5-6,9H2,1H3;1H. The van der Waals surface area contributed by atoms with Gasteiger partial charge in [0.05, 0.1) is 6.04 Å². The minimum absolute atomic E-state index is 0. The molecule has 0 spiro atoms. The first-order valence-electron chi connectivity index (χ1n) is 6.84. The van der Waals surface area contributed by atoms with Crippen molar-refractivity contribution in [2.24, 2.45) is 0 Å². The van der Waals surface area contributed by atoms with Crippen LogP contribution in [-0.4, -0.2) is 35.4 Å². The molecule has 0 aliphatic carbocycles. The van der Waals surface area contributed by atoms with Crippen LogP contribution in [0.4, 0.5) is 0 Å². The topological polar surface area (TPSA) is 58.4 Å². The second-order valence-electron chi connectivity index (χ2n) is 5.07. The summed E-state index contributed by atoms with van der Waals surface area (Å²) in [4.78, 5) is 18.8. The van der Waals surface area contributed by atoms with Gasteiger partial charge < -0.3 is 14.6 Å². The third-order valence-electron chi connectivity index (χ3n) is 3.66. The number of hydrogen-bond donors (Lipinski definition) is 1. The quantitative estimate of drug-likeness (QED) is 0.862. The highest BCUT2D eigenvalue weighted by Gasteiger charge is 2.31. The summed E-state index contributed by atoms with van der Waals surface area (Å²) in [6.45, 7) is 4.03. The summed E-state index contributed by atoms with van der Waals surface area (Å²) in [6, 6.07) is 5.68. The number of aryl methyl sites for hydroxylation is 1. The summed E-state index contributed by atoms with van der Waals surface area (Å²) >= 11 is 3.28. The summed E-state index contributed by atoms with van der Waals surface area (Å²) in [7, 11) is 0. The Morgan fingerprint density at radius 3 is 3.00 bits per heavy atom. The van der Waals surface area contributed by atoms with E-state index in [1.54, 1.807) is 6.20 Å². The van der Waals surface area contributed by atoms with Crippen LogP contribution in [0.15, 0.2) is 39.7 Å². The maximum absolute atomic E-state index is 12.8. The first-order chi connectivity index (χ1) is 10.2. The number of halogens is 2. The van der Waals surface area contributed by atoms with Gasteiger partial charge in [0.25, 0.3) is 5.91 Å². The lowest BCUT2D eigenvalue weighted by Crippen LogP contribution is -2.48. The fraction of sp³-hybridized carbons (Fsp3) is 0.333. The van der Waals surface area contributed by atoms with E-state index in [1.807, 2.05) is 36.2 Å². The second-order valence-corrected chi connectivity index (χ2v) is 5.85. The van der Waals surface area contributed by atoms with Crippen LogP contribution < -0.4 is 5.32 Å². The summed E-state index contributed by atoms with van der Waals surface area (Å²) in [5, 5.41) is 3.33. The Hall–Kier alpha value is -1.37. The number of rotatable bonds is 2. The highest BCUT2D eigenvalue weighted by atomic mass is 79.9. The van der Waals surface area contributed by atoms with E-state index in [1.165, 1.54) is 0 Å². The highest BCUT2D eigenvalue weighted by Crippen LogP contribution is 2.27. The van der Waals surface area contributed by atoms with Crippen LogP contribution in [0.25, 0.3) is 0 Å². The number of carbonyl (C=O) groups is 1. The van der Waals surface area contributed by atoms with Gasteiger partial charge in [0, 0.05) is 37.6 Å². The lowest BCUT2D eigenvalue weighted by atomic mass is 10.0. The number of aromatic nitrogens is 1. The molecule has 1 aliphatic rings. The molecule has 1 aliphatic heterocycles. The molecule has 2 aromatic rings. The van der Waals surface area contributed by atoms with Crippen LogP contribution in [0.2, 0.25) is 0 Å². The van der Waals surface area contributed by atoms with Crippen LogP contribution in [0.5, 0.6) is 0 Å². The minimum Gasteiger partial charge on any atom is -0.444 e. The van der Waals surface area contributed by atoms with Crippen LogP contribution in [0, 0.1) is 6.92 Å². The van der Waals surface area contributed by atoms with Crippen LogP contribution >= 0.6 is 28.3 Å². The van der Waals surface area contributed by atoms with E-state index in [2.05, 4.69) is 26.2 Å². The minimum atomic E-state index is -0.0754. The van der Waals surface area contributed by atoms with Gasteiger partial charge in [-0.2, -0.15) is 0 Å². The van der Waals surface area contributed by atoms with Crippen molar-refractivity contribution < 1.29 is 9.21 Å². The molecule has 0 saturated carbocycles. The number of piperazine rings is 1. The molecule has 1 atom stereocenters. The molecule has 0 bridgehead atoms. The van der Waals surface area contributed by atoms with Crippen molar-refractivity contribution in [2.75, 3.05) is 19.6 Å². The van der Waals surface area contributed by atoms with Crippen molar-refractivity contribution in [3.05, 3.63) is 52.1 Å². The van der Waals surface area contributed by atoms with E-state index in [4.69, 9.17) is 4.42 Å². The van der Waals surface area contributed by atoms with E-state index in [0.29, 0.717) is 17.0 Å². The molecule has 1 N–H and O–H groups in total. The number of nitrogens with one attached hydrogen (secondary N) is 1. The molecular weight excluding hydrogens is 370 g/mol. The number of hydrogen-bond acceptors (Lipinski definition) is 4. The Kier molecular flexibility index (Phi) is 5.61. The normalized spacial score (nSPS) is 17.9. The number of pyridine rings is 1. The van der Waals surface area contributed by atoms with Crippen molar-refractivity contribution in [3.63, 3.8) is 0 Å². The average Bonchev–Trinajstić information content (AvgIpc) is 2.86. The first-order valence-corrected chi connectivity index (χ1v) is 7.63. The van der Waals surface area contributed by atoms with E-state index < -0.39 is 0 Å². The van der Waals surface area contributed by atoms with E-state index in [0.717, 1.165) is 24.2 Å². The zero-order valence-corrected chi connectivity index (χ0v) is 14.5. The Bertz CT molecular complexity index is 647. The van der Waals surface area contributed by atoms with E-state index >= 15 is 0 Å². The molecular formula is C15H17BrClN3O2. The fourth-order valence-electron chi connectivity index (χ4n) is 2.60. The van der Waals surface area contributed by atoms with Gasteiger partial charge in [0.1, 0.15) is 0 Å². The number of amides is 1. The molecule has 7 heteroatoms. The lowest BCUT2D eigenvalue weighted by molar-refractivity contribution is 0.0599. The predicted octanol–water partition coefficient (Wildman–Crippen LogP) is 2.95. The molecule has 118 valence electrons.